The second kappa shape index (κ2) is 5.13. The first-order valence-corrected chi connectivity index (χ1v) is 6.47. The van der Waals surface area contributed by atoms with Gasteiger partial charge in [-0.2, -0.15) is 0 Å². The number of hydrogen-bond donors (Lipinski definition) is 1. The van der Waals surface area contributed by atoms with Crippen LogP contribution < -0.4 is 5.32 Å². The number of hydrogen-bond acceptors (Lipinski definition) is 4. The van der Waals surface area contributed by atoms with Crippen molar-refractivity contribution in [1.82, 2.24) is 29.6 Å². The summed E-state index contributed by atoms with van der Waals surface area (Å²) >= 11 is 0. The lowest BCUT2D eigenvalue weighted by atomic mass is 10.1. The average molecular weight is 262 g/mol. The molecule has 0 atom stereocenters. The summed E-state index contributed by atoms with van der Waals surface area (Å²) < 4.78 is 4.10. The third kappa shape index (κ3) is 3.41. The van der Waals surface area contributed by atoms with E-state index in [4.69, 9.17) is 0 Å². The van der Waals surface area contributed by atoms with E-state index < -0.39 is 0 Å². The van der Waals surface area contributed by atoms with Gasteiger partial charge in [0.1, 0.15) is 11.6 Å². The zero-order valence-electron chi connectivity index (χ0n) is 12.3. The minimum Gasteiger partial charge on any atom is -0.326 e. The van der Waals surface area contributed by atoms with Gasteiger partial charge in [0.05, 0.1) is 13.1 Å². The maximum Gasteiger partial charge on any atom is 0.152 e. The molecular formula is C13H22N6. The van der Waals surface area contributed by atoms with Crippen LogP contribution in [-0.4, -0.2) is 29.9 Å². The second-order valence-corrected chi connectivity index (χ2v) is 5.80. The highest BCUT2D eigenvalue weighted by molar-refractivity contribution is 4.99. The van der Waals surface area contributed by atoms with E-state index in [1.54, 1.807) is 0 Å². The highest BCUT2D eigenvalue weighted by atomic mass is 15.3. The predicted molar refractivity (Wildman–Crippen MR) is 73.7 cm³/mol. The van der Waals surface area contributed by atoms with E-state index in [1.165, 1.54) is 0 Å². The van der Waals surface area contributed by atoms with Gasteiger partial charge in [0, 0.05) is 25.0 Å². The molecule has 0 radical (unpaired) electrons. The van der Waals surface area contributed by atoms with E-state index in [0.29, 0.717) is 6.54 Å². The quantitative estimate of drug-likeness (QED) is 0.901. The van der Waals surface area contributed by atoms with Gasteiger partial charge in [-0.25, -0.2) is 4.98 Å². The van der Waals surface area contributed by atoms with E-state index in [-0.39, 0.29) is 5.54 Å². The SMILES string of the molecule is Cc1nnc(Cn2ccnc2CNC(C)(C)C)n1C. The van der Waals surface area contributed by atoms with Crippen LogP contribution in [-0.2, 0) is 20.1 Å². The van der Waals surface area contributed by atoms with Gasteiger partial charge in [0.25, 0.3) is 0 Å². The molecule has 0 amide bonds. The Kier molecular flexibility index (Phi) is 3.71. The van der Waals surface area contributed by atoms with Crippen LogP contribution in [0.15, 0.2) is 12.4 Å². The number of rotatable bonds is 4. The zero-order chi connectivity index (χ0) is 14.0. The standard InChI is InChI=1S/C13H22N6/c1-10-16-17-12(18(10)5)9-19-7-6-14-11(19)8-15-13(2,3)4/h6-7,15H,8-9H2,1-5H3. The first-order valence-electron chi connectivity index (χ1n) is 6.47. The van der Waals surface area contributed by atoms with Crippen LogP contribution in [0.1, 0.15) is 38.2 Å². The number of aromatic nitrogens is 5. The molecule has 0 saturated heterocycles. The topological polar surface area (TPSA) is 60.6 Å². The molecule has 0 spiro atoms. The smallest absolute Gasteiger partial charge is 0.152 e. The van der Waals surface area contributed by atoms with Gasteiger partial charge < -0.3 is 14.5 Å². The van der Waals surface area contributed by atoms with Crippen molar-refractivity contribution in [3.05, 3.63) is 29.9 Å². The van der Waals surface area contributed by atoms with Crippen molar-refractivity contribution in [1.29, 1.82) is 0 Å². The summed E-state index contributed by atoms with van der Waals surface area (Å²) in [6, 6.07) is 0. The molecular weight excluding hydrogens is 240 g/mol. The van der Waals surface area contributed by atoms with Crippen molar-refractivity contribution in [3.63, 3.8) is 0 Å². The maximum absolute atomic E-state index is 4.39. The van der Waals surface area contributed by atoms with Gasteiger partial charge in [0.2, 0.25) is 0 Å². The van der Waals surface area contributed by atoms with Crippen LogP contribution >= 0.6 is 0 Å². The van der Waals surface area contributed by atoms with Crippen molar-refractivity contribution in [2.45, 2.75) is 46.3 Å². The van der Waals surface area contributed by atoms with Crippen molar-refractivity contribution in [2.24, 2.45) is 7.05 Å². The normalized spacial score (nSPS) is 12.1. The molecule has 6 nitrogen and oxygen atoms in total. The monoisotopic (exact) mass is 262 g/mol. The van der Waals surface area contributed by atoms with Crippen molar-refractivity contribution in [3.8, 4) is 0 Å². The van der Waals surface area contributed by atoms with E-state index >= 15 is 0 Å². The van der Waals surface area contributed by atoms with Crippen molar-refractivity contribution >= 4 is 0 Å². The summed E-state index contributed by atoms with van der Waals surface area (Å²) in [5.41, 5.74) is 0.0815. The molecule has 104 valence electrons. The molecule has 19 heavy (non-hydrogen) atoms. The van der Waals surface area contributed by atoms with Crippen molar-refractivity contribution < 1.29 is 0 Å². The molecule has 2 aromatic heterocycles. The lowest BCUT2D eigenvalue weighted by Gasteiger charge is -2.20. The van der Waals surface area contributed by atoms with E-state index in [1.807, 2.05) is 30.9 Å². The van der Waals surface area contributed by atoms with Crippen LogP contribution in [0.3, 0.4) is 0 Å². The summed E-state index contributed by atoms with van der Waals surface area (Å²) in [5.74, 6) is 2.87. The third-order valence-corrected chi connectivity index (χ3v) is 3.07. The zero-order valence-corrected chi connectivity index (χ0v) is 12.3. The largest absolute Gasteiger partial charge is 0.326 e. The molecule has 0 saturated carbocycles. The highest BCUT2D eigenvalue weighted by Crippen LogP contribution is 2.06. The number of nitrogens with zero attached hydrogens (tertiary/aromatic N) is 5. The maximum atomic E-state index is 4.39. The Hall–Kier alpha value is -1.69. The molecule has 0 bridgehead atoms. The molecule has 1 N–H and O–H groups in total. The van der Waals surface area contributed by atoms with Crippen LogP contribution in [0.2, 0.25) is 0 Å². The first kappa shape index (κ1) is 13.7. The average Bonchev–Trinajstić information content (AvgIpc) is 2.88. The Bertz CT molecular complexity index is 546. The number of aryl methyl sites for hydroxylation is 1. The van der Waals surface area contributed by atoms with Gasteiger partial charge >= 0.3 is 0 Å². The van der Waals surface area contributed by atoms with Crippen LogP contribution in [0.5, 0.6) is 0 Å². The fourth-order valence-electron chi connectivity index (χ4n) is 1.74. The van der Waals surface area contributed by atoms with Gasteiger partial charge in [-0.15, -0.1) is 10.2 Å². The molecule has 0 unspecified atom stereocenters. The van der Waals surface area contributed by atoms with Crippen LogP contribution in [0.25, 0.3) is 0 Å². The molecule has 2 heterocycles. The second-order valence-electron chi connectivity index (χ2n) is 5.80. The van der Waals surface area contributed by atoms with Crippen molar-refractivity contribution in [2.75, 3.05) is 0 Å². The molecule has 0 aromatic carbocycles. The van der Waals surface area contributed by atoms with E-state index in [2.05, 4.69) is 45.8 Å². The summed E-state index contributed by atoms with van der Waals surface area (Å²) in [6.07, 6.45) is 3.80. The molecule has 0 aliphatic heterocycles. The first-order chi connectivity index (χ1) is 8.87. The minimum absolute atomic E-state index is 0.0815. The molecule has 0 aliphatic carbocycles. The highest BCUT2D eigenvalue weighted by Gasteiger charge is 2.12. The van der Waals surface area contributed by atoms with Gasteiger partial charge in [-0.1, -0.05) is 0 Å². The van der Waals surface area contributed by atoms with Crippen LogP contribution in [0.4, 0.5) is 0 Å². The van der Waals surface area contributed by atoms with Gasteiger partial charge in [-0.05, 0) is 27.7 Å². The van der Waals surface area contributed by atoms with E-state index in [0.717, 1.165) is 24.0 Å². The van der Waals surface area contributed by atoms with Gasteiger partial charge in [-0.3, -0.25) is 0 Å². The molecule has 2 aromatic rings. The Morgan fingerprint density at radius 3 is 2.53 bits per heavy atom. The molecule has 6 heteroatoms. The van der Waals surface area contributed by atoms with Crippen LogP contribution in [0, 0.1) is 6.92 Å². The van der Waals surface area contributed by atoms with Gasteiger partial charge in [0.15, 0.2) is 5.82 Å². The number of imidazole rings is 1. The predicted octanol–water partition coefficient (Wildman–Crippen LogP) is 1.26. The lowest BCUT2D eigenvalue weighted by Crippen LogP contribution is -2.36. The molecule has 2 rings (SSSR count). The fraction of sp³-hybridized carbons (Fsp3) is 0.615. The summed E-state index contributed by atoms with van der Waals surface area (Å²) in [5, 5.41) is 11.7. The molecule has 0 aliphatic rings. The Morgan fingerprint density at radius 2 is 1.95 bits per heavy atom. The minimum atomic E-state index is 0.0815. The third-order valence-electron chi connectivity index (χ3n) is 3.07. The van der Waals surface area contributed by atoms with E-state index in [9.17, 15) is 0 Å². The Labute approximate surface area is 113 Å². The Balaban J connectivity index is 2.10. The summed E-state index contributed by atoms with van der Waals surface area (Å²) in [7, 11) is 1.98. The Morgan fingerprint density at radius 1 is 1.21 bits per heavy atom. The summed E-state index contributed by atoms with van der Waals surface area (Å²) in [4.78, 5) is 4.39. The molecule has 0 fully saturated rings. The number of nitrogens with one attached hydrogen (secondary N) is 1. The lowest BCUT2D eigenvalue weighted by molar-refractivity contribution is 0.412. The fourth-order valence-corrected chi connectivity index (χ4v) is 1.74. The summed E-state index contributed by atoms with van der Waals surface area (Å²) in [6.45, 7) is 9.82.